The van der Waals surface area contributed by atoms with Crippen LogP contribution in [0.1, 0.15) is 74.9 Å². The largest absolute Gasteiger partial charge is 0.378 e. The minimum absolute atomic E-state index is 0. The Labute approximate surface area is 397 Å². The van der Waals surface area contributed by atoms with Gasteiger partial charge in [0.15, 0.2) is 0 Å². The maximum atomic E-state index is 13.9. The SMILES string of the molecule is CCN(CC)c1ccc(NC(=O)c2cccc(C(=O)N(C)CCN(C)CCOCCOCCOCCN)c2)c(-c2cc(C(=O)NC3CCCc4ccccc43)ccn2)c1.Cl.Cl.Cl.Cl. The van der Waals surface area contributed by atoms with Gasteiger partial charge in [-0.2, -0.15) is 0 Å². The molecule has 4 N–H and O–H groups in total. The number of anilines is 2. The summed E-state index contributed by atoms with van der Waals surface area (Å²) in [5.74, 6) is -0.724. The minimum atomic E-state index is -0.367. The predicted octanol–water partition coefficient (Wildman–Crippen LogP) is 7.35. The molecule has 17 heteroatoms. The molecule has 63 heavy (non-hydrogen) atoms. The van der Waals surface area contributed by atoms with Gasteiger partial charge in [-0.15, -0.1) is 49.6 Å². The van der Waals surface area contributed by atoms with E-state index in [9.17, 15) is 14.4 Å². The van der Waals surface area contributed by atoms with Crippen molar-refractivity contribution in [1.29, 1.82) is 0 Å². The number of fused-ring (bicyclic) bond motifs is 1. The molecule has 0 bridgehead atoms. The second-order valence-corrected chi connectivity index (χ2v) is 14.6. The van der Waals surface area contributed by atoms with E-state index >= 15 is 0 Å². The van der Waals surface area contributed by atoms with Crippen LogP contribution in [0.5, 0.6) is 0 Å². The molecular weight excluding hydrogens is 888 g/mol. The van der Waals surface area contributed by atoms with Crippen LogP contribution in [0.4, 0.5) is 11.4 Å². The molecule has 1 aliphatic carbocycles. The summed E-state index contributed by atoms with van der Waals surface area (Å²) in [5, 5.41) is 6.33. The fourth-order valence-electron chi connectivity index (χ4n) is 7.09. The maximum Gasteiger partial charge on any atom is 0.255 e. The lowest BCUT2D eigenvalue weighted by Crippen LogP contribution is -2.36. The number of nitrogens with two attached hydrogens (primary N) is 1. The first-order chi connectivity index (χ1) is 28.7. The topological polar surface area (TPSA) is 152 Å². The first-order valence-corrected chi connectivity index (χ1v) is 20.7. The summed E-state index contributed by atoms with van der Waals surface area (Å²) in [5.41, 5.74) is 11.8. The monoisotopic (exact) mass is 951 g/mol. The molecule has 0 saturated carbocycles. The van der Waals surface area contributed by atoms with Crippen LogP contribution in [0.15, 0.2) is 85.1 Å². The first-order valence-electron chi connectivity index (χ1n) is 20.7. The van der Waals surface area contributed by atoms with Crippen molar-refractivity contribution in [3.05, 3.63) is 113 Å². The summed E-state index contributed by atoms with van der Waals surface area (Å²) in [6, 6.07) is 24.3. The van der Waals surface area contributed by atoms with Crippen LogP contribution in [-0.4, -0.2) is 126 Å². The summed E-state index contributed by atoms with van der Waals surface area (Å²) in [7, 11) is 3.74. The van der Waals surface area contributed by atoms with Crippen molar-refractivity contribution < 1.29 is 28.6 Å². The van der Waals surface area contributed by atoms with Crippen LogP contribution in [0.25, 0.3) is 11.3 Å². The van der Waals surface area contributed by atoms with Crippen LogP contribution >= 0.6 is 49.6 Å². The molecule has 0 aliphatic heterocycles. The number of amides is 3. The average Bonchev–Trinajstić information content (AvgIpc) is 3.27. The lowest BCUT2D eigenvalue weighted by Gasteiger charge is -2.26. The Hall–Kier alpha value is -4.02. The summed E-state index contributed by atoms with van der Waals surface area (Å²) < 4.78 is 16.4. The highest BCUT2D eigenvalue weighted by atomic mass is 35.5. The molecular formula is C46H65Cl4N7O6. The van der Waals surface area contributed by atoms with E-state index in [1.807, 2.05) is 37.4 Å². The number of nitrogens with one attached hydrogen (secondary N) is 2. The molecule has 3 aromatic carbocycles. The third-order valence-corrected chi connectivity index (χ3v) is 10.5. The van der Waals surface area contributed by atoms with Crippen LogP contribution < -0.4 is 21.3 Å². The predicted molar refractivity (Wildman–Crippen MR) is 262 cm³/mol. The van der Waals surface area contributed by atoms with Crippen molar-refractivity contribution in [2.24, 2.45) is 5.73 Å². The van der Waals surface area contributed by atoms with Crippen molar-refractivity contribution >= 4 is 78.7 Å². The number of hydrogen-bond donors (Lipinski definition) is 3. The van der Waals surface area contributed by atoms with Gasteiger partial charge in [0.05, 0.1) is 57.1 Å². The molecule has 13 nitrogen and oxygen atoms in total. The molecule has 0 saturated heterocycles. The summed E-state index contributed by atoms with van der Waals surface area (Å²) in [4.78, 5) is 51.7. The Bertz CT molecular complexity index is 1990. The van der Waals surface area contributed by atoms with Gasteiger partial charge in [-0.25, -0.2) is 0 Å². The van der Waals surface area contributed by atoms with Gasteiger partial charge in [0.25, 0.3) is 17.7 Å². The molecule has 0 fully saturated rings. The number of aryl methyl sites for hydroxylation is 1. The van der Waals surface area contributed by atoms with E-state index in [4.69, 9.17) is 19.9 Å². The Morgan fingerprint density at radius 1 is 0.730 bits per heavy atom. The molecule has 1 aliphatic rings. The standard InChI is InChI=1S/C46H61N7O6.4ClH/c1-5-53(6-2)38-17-18-42(40(33-38)43-32-36(19-21-48-43)45(55)49-41-16-10-12-34-11-7-8-15-39(34)41)50-44(54)35-13-9-14-37(31-35)46(56)52(4)23-22-51(3)24-26-58-28-30-59-29-27-57-25-20-47;;;;/h7-9,11,13-15,17-19,21,31-33,41H,5-6,10,12,16,20,22-30,47H2,1-4H3,(H,49,55)(H,50,54);4*1H. The number of carbonyl (C=O) groups excluding carboxylic acids is 3. The Morgan fingerprint density at radius 2 is 1.40 bits per heavy atom. The van der Waals surface area contributed by atoms with Gasteiger partial charge in [0, 0.05) is 80.5 Å². The van der Waals surface area contributed by atoms with E-state index in [1.165, 1.54) is 11.1 Å². The average molecular weight is 954 g/mol. The summed E-state index contributed by atoms with van der Waals surface area (Å²) in [6.07, 6.45) is 4.54. The second-order valence-electron chi connectivity index (χ2n) is 14.6. The van der Waals surface area contributed by atoms with E-state index in [2.05, 4.69) is 51.4 Å². The summed E-state index contributed by atoms with van der Waals surface area (Å²) >= 11 is 0. The fraction of sp³-hybridized carbons (Fsp3) is 0.435. The Balaban J connectivity index is 0.00000496. The van der Waals surface area contributed by atoms with Crippen molar-refractivity contribution in [1.82, 2.24) is 20.1 Å². The lowest BCUT2D eigenvalue weighted by molar-refractivity contribution is 0.0127. The number of nitrogens with zero attached hydrogens (tertiary/aromatic N) is 4. The number of halogens is 4. The number of rotatable bonds is 23. The highest BCUT2D eigenvalue weighted by Crippen LogP contribution is 2.33. The van der Waals surface area contributed by atoms with E-state index in [0.29, 0.717) is 99.5 Å². The molecule has 1 aromatic heterocycles. The number of ether oxygens (including phenoxy) is 3. The molecule has 0 radical (unpaired) electrons. The van der Waals surface area contributed by atoms with Gasteiger partial charge < -0.3 is 45.3 Å². The molecule has 0 spiro atoms. The normalized spacial score (nSPS) is 12.6. The molecule has 1 heterocycles. The number of pyridine rings is 1. The van der Waals surface area contributed by atoms with Gasteiger partial charge in [0.2, 0.25) is 0 Å². The van der Waals surface area contributed by atoms with Crippen molar-refractivity contribution in [3.63, 3.8) is 0 Å². The molecule has 3 amide bonds. The molecule has 5 rings (SSSR count). The summed E-state index contributed by atoms with van der Waals surface area (Å²) in [6.45, 7) is 11.2. The molecule has 1 unspecified atom stereocenters. The third-order valence-electron chi connectivity index (χ3n) is 10.5. The highest BCUT2D eigenvalue weighted by Gasteiger charge is 2.23. The number of aromatic nitrogens is 1. The minimum Gasteiger partial charge on any atom is -0.378 e. The fourth-order valence-corrected chi connectivity index (χ4v) is 7.09. The third kappa shape index (κ3) is 17.1. The van der Waals surface area contributed by atoms with Crippen LogP contribution in [0, 0.1) is 0 Å². The van der Waals surface area contributed by atoms with Gasteiger partial charge >= 0.3 is 0 Å². The highest BCUT2D eigenvalue weighted by molar-refractivity contribution is 6.08. The lowest BCUT2D eigenvalue weighted by atomic mass is 9.87. The quantitative estimate of drug-likeness (QED) is 0.0644. The van der Waals surface area contributed by atoms with E-state index in [-0.39, 0.29) is 73.4 Å². The molecule has 348 valence electrons. The van der Waals surface area contributed by atoms with Crippen LogP contribution in [0.2, 0.25) is 0 Å². The number of carbonyl (C=O) groups is 3. The maximum absolute atomic E-state index is 13.9. The number of likely N-dealkylation sites (N-methyl/N-ethyl adjacent to an activating group) is 2. The molecule has 1 atom stereocenters. The van der Waals surface area contributed by atoms with Crippen LogP contribution in [0.3, 0.4) is 0 Å². The van der Waals surface area contributed by atoms with Gasteiger partial charge in [-0.1, -0.05) is 30.3 Å². The van der Waals surface area contributed by atoms with E-state index in [0.717, 1.165) is 38.0 Å². The van der Waals surface area contributed by atoms with E-state index in [1.54, 1.807) is 54.5 Å². The first kappa shape index (κ1) is 57.0. The smallest absolute Gasteiger partial charge is 0.255 e. The second kappa shape index (κ2) is 30.2. The van der Waals surface area contributed by atoms with Gasteiger partial charge in [0.1, 0.15) is 0 Å². The Morgan fingerprint density at radius 3 is 2.11 bits per heavy atom. The Kier molecular flexibility index (Phi) is 27.3. The number of hydrogen-bond acceptors (Lipinski definition) is 10. The van der Waals surface area contributed by atoms with Crippen molar-refractivity contribution in [2.75, 3.05) is 103 Å². The van der Waals surface area contributed by atoms with Crippen molar-refractivity contribution in [3.8, 4) is 11.3 Å². The zero-order valence-corrected chi connectivity index (χ0v) is 40.0. The van der Waals surface area contributed by atoms with Crippen molar-refractivity contribution in [2.45, 2.75) is 39.2 Å². The molecule has 4 aromatic rings. The zero-order chi connectivity index (χ0) is 42.0. The number of benzene rings is 3. The van der Waals surface area contributed by atoms with Gasteiger partial charge in [-0.3, -0.25) is 19.4 Å². The van der Waals surface area contributed by atoms with Gasteiger partial charge in [-0.05, 0) is 99.8 Å². The zero-order valence-electron chi connectivity index (χ0n) is 36.7. The van der Waals surface area contributed by atoms with Crippen LogP contribution in [-0.2, 0) is 20.6 Å². The van der Waals surface area contributed by atoms with E-state index < -0.39 is 0 Å².